The smallest absolute Gasteiger partial charge is 0.253 e. The van der Waals surface area contributed by atoms with Crippen LogP contribution in [0.4, 0.5) is 4.39 Å². The fourth-order valence-corrected chi connectivity index (χ4v) is 1.99. The maximum Gasteiger partial charge on any atom is 0.253 e. The summed E-state index contributed by atoms with van der Waals surface area (Å²) in [4.78, 5) is 13.3. The Morgan fingerprint density at radius 1 is 1.53 bits per heavy atom. The molecule has 0 aliphatic heterocycles. The van der Waals surface area contributed by atoms with Crippen molar-refractivity contribution in [3.63, 3.8) is 0 Å². The van der Waals surface area contributed by atoms with Crippen molar-refractivity contribution in [2.45, 2.75) is 0 Å². The van der Waals surface area contributed by atoms with E-state index in [-0.39, 0.29) is 11.7 Å². The van der Waals surface area contributed by atoms with Crippen LogP contribution in [0.5, 0.6) is 0 Å². The van der Waals surface area contributed by atoms with E-state index in [1.165, 1.54) is 18.2 Å². The highest BCUT2D eigenvalue weighted by molar-refractivity contribution is 9.10. The molecule has 1 amide bonds. The Balaban J connectivity index is 2.87. The van der Waals surface area contributed by atoms with Crippen molar-refractivity contribution in [2.24, 2.45) is 0 Å². The van der Waals surface area contributed by atoms with E-state index in [0.29, 0.717) is 16.6 Å². The first-order valence-electron chi connectivity index (χ1n) is 4.32. The van der Waals surface area contributed by atoms with Gasteiger partial charge in [0.2, 0.25) is 0 Å². The molecule has 0 N–H and O–H groups in total. The third kappa shape index (κ3) is 3.28. The Morgan fingerprint density at radius 3 is 2.73 bits per heavy atom. The number of benzene rings is 1. The van der Waals surface area contributed by atoms with Crippen molar-refractivity contribution in [1.29, 1.82) is 0 Å². The van der Waals surface area contributed by atoms with Gasteiger partial charge in [0.1, 0.15) is 5.82 Å². The van der Waals surface area contributed by atoms with Gasteiger partial charge in [0.05, 0.1) is 4.47 Å². The van der Waals surface area contributed by atoms with Crippen molar-refractivity contribution >= 4 is 37.8 Å². The molecule has 0 unspecified atom stereocenters. The summed E-state index contributed by atoms with van der Waals surface area (Å²) in [7, 11) is 1.71. The van der Waals surface area contributed by atoms with Gasteiger partial charge in [-0.2, -0.15) is 0 Å². The van der Waals surface area contributed by atoms with Crippen LogP contribution in [0.25, 0.3) is 0 Å². The average Bonchev–Trinajstić information content (AvgIpc) is 2.21. The quantitative estimate of drug-likeness (QED) is 0.776. The molecule has 0 aliphatic rings. The van der Waals surface area contributed by atoms with Gasteiger partial charge in [-0.1, -0.05) is 15.9 Å². The average molecular weight is 339 g/mol. The van der Waals surface area contributed by atoms with Crippen LogP contribution in [0, 0.1) is 5.82 Å². The minimum atomic E-state index is -0.366. The van der Waals surface area contributed by atoms with Crippen LogP contribution >= 0.6 is 31.9 Å². The molecule has 0 atom stereocenters. The monoisotopic (exact) mass is 337 g/mol. The Kier molecular flexibility index (Phi) is 4.73. The third-order valence-electron chi connectivity index (χ3n) is 1.93. The summed E-state index contributed by atoms with van der Waals surface area (Å²) in [5.41, 5.74) is 0.478. The number of alkyl halides is 1. The van der Waals surface area contributed by atoms with Gasteiger partial charge in [-0.3, -0.25) is 4.79 Å². The Morgan fingerprint density at radius 2 is 2.20 bits per heavy atom. The lowest BCUT2D eigenvalue weighted by atomic mass is 10.2. The first-order chi connectivity index (χ1) is 7.06. The molecule has 0 radical (unpaired) electrons. The van der Waals surface area contributed by atoms with E-state index in [4.69, 9.17) is 0 Å². The van der Waals surface area contributed by atoms with E-state index < -0.39 is 0 Å². The van der Waals surface area contributed by atoms with Gasteiger partial charge in [-0.25, -0.2) is 4.39 Å². The number of carbonyl (C=O) groups excluding carboxylic acids is 1. The Hall–Kier alpha value is -0.420. The van der Waals surface area contributed by atoms with Gasteiger partial charge < -0.3 is 4.90 Å². The van der Waals surface area contributed by atoms with Crippen LogP contribution in [0.15, 0.2) is 22.7 Å². The summed E-state index contributed by atoms with van der Waals surface area (Å²) >= 11 is 6.30. The summed E-state index contributed by atoms with van der Waals surface area (Å²) < 4.78 is 13.2. The molecule has 0 spiro atoms. The second kappa shape index (κ2) is 5.61. The van der Waals surface area contributed by atoms with E-state index in [0.717, 1.165) is 5.33 Å². The SMILES string of the molecule is CN(CCBr)C(=O)c1ccc(F)c(Br)c1. The van der Waals surface area contributed by atoms with E-state index >= 15 is 0 Å². The molecular formula is C10H10Br2FNO. The minimum Gasteiger partial charge on any atom is -0.341 e. The van der Waals surface area contributed by atoms with E-state index in [1.54, 1.807) is 11.9 Å². The van der Waals surface area contributed by atoms with Crippen molar-refractivity contribution in [3.8, 4) is 0 Å². The van der Waals surface area contributed by atoms with Crippen molar-refractivity contribution in [3.05, 3.63) is 34.1 Å². The largest absolute Gasteiger partial charge is 0.341 e. The zero-order valence-electron chi connectivity index (χ0n) is 8.14. The van der Waals surface area contributed by atoms with Gasteiger partial charge >= 0.3 is 0 Å². The number of amides is 1. The van der Waals surface area contributed by atoms with E-state index in [1.807, 2.05) is 0 Å². The lowest BCUT2D eigenvalue weighted by molar-refractivity contribution is 0.0804. The number of rotatable bonds is 3. The topological polar surface area (TPSA) is 20.3 Å². The standard InChI is InChI=1S/C10H10Br2FNO/c1-14(5-4-11)10(15)7-2-3-9(13)8(12)6-7/h2-3,6H,4-5H2,1H3. The number of carbonyl (C=O) groups is 1. The normalized spacial score (nSPS) is 10.1. The van der Waals surface area contributed by atoms with Crippen molar-refractivity contribution in [1.82, 2.24) is 4.90 Å². The zero-order chi connectivity index (χ0) is 11.4. The molecule has 0 heterocycles. The summed E-state index contributed by atoms with van der Waals surface area (Å²) in [5.74, 6) is -0.482. The molecule has 15 heavy (non-hydrogen) atoms. The van der Waals surface area contributed by atoms with Crippen molar-refractivity contribution in [2.75, 3.05) is 18.9 Å². The molecule has 0 aliphatic carbocycles. The maximum atomic E-state index is 12.9. The molecule has 0 saturated carbocycles. The Labute approximate surface area is 105 Å². The highest BCUT2D eigenvalue weighted by atomic mass is 79.9. The second-order valence-corrected chi connectivity index (χ2v) is 4.69. The first kappa shape index (κ1) is 12.6. The predicted octanol–water partition coefficient (Wildman–Crippen LogP) is 3.06. The third-order valence-corrected chi connectivity index (χ3v) is 2.90. The van der Waals surface area contributed by atoms with Gasteiger partial charge in [-0.15, -0.1) is 0 Å². The van der Waals surface area contributed by atoms with E-state index in [9.17, 15) is 9.18 Å². The van der Waals surface area contributed by atoms with Crippen LogP contribution in [0.3, 0.4) is 0 Å². The fourth-order valence-electron chi connectivity index (χ4n) is 1.08. The molecule has 0 bridgehead atoms. The first-order valence-corrected chi connectivity index (χ1v) is 6.24. The minimum absolute atomic E-state index is 0.116. The van der Waals surface area contributed by atoms with Gasteiger partial charge in [0.25, 0.3) is 5.91 Å². The number of hydrogen-bond donors (Lipinski definition) is 0. The summed E-state index contributed by atoms with van der Waals surface area (Å²) in [5, 5.41) is 0.720. The molecule has 1 aromatic carbocycles. The molecular weight excluding hydrogens is 329 g/mol. The Bertz CT molecular complexity index is 370. The molecule has 1 rings (SSSR count). The predicted molar refractivity (Wildman–Crippen MR) is 64.9 cm³/mol. The van der Waals surface area contributed by atoms with Gasteiger partial charge in [0.15, 0.2) is 0 Å². The fraction of sp³-hybridized carbons (Fsp3) is 0.300. The molecule has 0 saturated heterocycles. The van der Waals surface area contributed by atoms with E-state index in [2.05, 4.69) is 31.9 Å². The molecule has 0 aromatic heterocycles. The van der Waals surface area contributed by atoms with Gasteiger partial charge in [0, 0.05) is 24.5 Å². The van der Waals surface area contributed by atoms with Crippen LogP contribution in [-0.4, -0.2) is 29.7 Å². The highest BCUT2D eigenvalue weighted by Crippen LogP contribution is 2.17. The number of hydrogen-bond acceptors (Lipinski definition) is 1. The number of halogens is 3. The summed E-state index contributed by atoms with van der Waals surface area (Å²) in [6.45, 7) is 0.619. The van der Waals surface area contributed by atoms with Crippen molar-refractivity contribution < 1.29 is 9.18 Å². The zero-order valence-corrected chi connectivity index (χ0v) is 11.3. The van der Waals surface area contributed by atoms with Gasteiger partial charge in [-0.05, 0) is 34.1 Å². The van der Waals surface area contributed by atoms with Crippen LogP contribution in [0.2, 0.25) is 0 Å². The summed E-state index contributed by atoms with van der Waals surface area (Å²) in [6, 6.07) is 4.24. The highest BCUT2D eigenvalue weighted by Gasteiger charge is 2.12. The molecule has 5 heteroatoms. The lowest BCUT2D eigenvalue weighted by Gasteiger charge is -2.15. The molecule has 2 nitrogen and oxygen atoms in total. The molecule has 82 valence electrons. The summed E-state index contributed by atoms with van der Waals surface area (Å²) in [6.07, 6.45) is 0. The second-order valence-electron chi connectivity index (χ2n) is 3.04. The molecule has 1 aromatic rings. The molecule has 0 fully saturated rings. The number of nitrogens with zero attached hydrogens (tertiary/aromatic N) is 1. The van der Waals surface area contributed by atoms with Crippen LogP contribution in [-0.2, 0) is 0 Å². The lowest BCUT2D eigenvalue weighted by Crippen LogP contribution is -2.28. The maximum absolute atomic E-state index is 12.9. The van der Waals surface area contributed by atoms with Crippen LogP contribution in [0.1, 0.15) is 10.4 Å². The van der Waals surface area contributed by atoms with Crippen LogP contribution < -0.4 is 0 Å².